The first kappa shape index (κ1) is 18.0. The van der Waals surface area contributed by atoms with Crippen LogP contribution in [0.1, 0.15) is 18.4 Å². The Kier molecular flexibility index (Phi) is 5.51. The highest BCUT2D eigenvalue weighted by molar-refractivity contribution is 5.88. The van der Waals surface area contributed by atoms with Crippen LogP contribution in [0.15, 0.2) is 67.1 Å². The van der Waals surface area contributed by atoms with Gasteiger partial charge in [-0.25, -0.2) is 4.79 Å². The molecule has 1 aliphatic rings. The van der Waals surface area contributed by atoms with E-state index < -0.39 is 0 Å². The average molecular weight is 376 g/mol. The third-order valence-electron chi connectivity index (χ3n) is 4.82. The molecule has 2 amide bonds. The second-order valence-electron chi connectivity index (χ2n) is 6.98. The zero-order valence-corrected chi connectivity index (χ0v) is 15.7. The van der Waals surface area contributed by atoms with Crippen LogP contribution >= 0.6 is 0 Å². The number of piperidine rings is 1. The Hall–Kier alpha value is -3.35. The van der Waals surface area contributed by atoms with E-state index in [-0.39, 0.29) is 12.1 Å². The summed E-state index contributed by atoms with van der Waals surface area (Å²) < 4.78 is 1.81. The number of rotatable bonds is 5. The summed E-state index contributed by atoms with van der Waals surface area (Å²) in [5.41, 5.74) is 2.20. The number of nitrogens with zero attached hydrogens (tertiary/aromatic N) is 4. The predicted octanol–water partition coefficient (Wildman–Crippen LogP) is 3.43. The predicted molar refractivity (Wildman–Crippen MR) is 109 cm³/mol. The first-order chi connectivity index (χ1) is 13.8. The molecule has 1 aromatic carbocycles. The number of amides is 2. The van der Waals surface area contributed by atoms with Crippen LogP contribution in [0.2, 0.25) is 0 Å². The van der Waals surface area contributed by atoms with Gasteiger partial charge in [-0.1, -0.05) is 18.2 Å². The van der Waals surface area contributed by atoms with Gasteiger partial charge < -0.3 is 10.2 Å². The van der Waals surface area contributed by atoms with Gasteiger partial charge in [-0.05, 0) is 42.7 Å². The molecule has 2 aromatic heterocycles. The average Bonchev–Trinajstić information content (AvgIpc) is 3.16. The molecule has 3 aromatic rings. The highest BCUT2D eigenvalue weighted by atomic mass is 16.2. The maximum atomic E-state index is 12.7. The summed E-state index contributed by atoms with van der Waals surface area (Å²) >= 11 is 0. The summed E-state index contributed by atoms with van der Waals surface area (Å²) in [5.74, 6) is 0.567. The van der Waals surface area contributed by atoms with Crippen molar-refractivity contribution in [3.05, 3.63) is 72.7 Å². The molecule has 4 rings (SSSR count). The maximum absolute atomic E-state index is 12.7. The van der Waals surface area contributed by atoms with Crippen LogP contribution in [0.25, 0.3) is 0 Å². The van der Waals surface area contributed by atoms with E-state index in [9.17, 15) is 4.79 Å². The van der Waals surface area contributed by atoms with E-state index in [1.807, 2.05) is 47.5 Å². The zero-order valence-electron chi connectivity index (χ0n) is 15.7. The lowest BCUT2D eigenvalue weighted by atomic mass is 10.1. The van der Waals surface area contributed by atoms with Crippen molar-refractivity contribution in [3.63, 3.8) is 0 Å². The second-order valence-corrected chi connectivity index (χ2v) is 6.98. The number of urea groups is 1. The quantitative estimate of drug-likeness (QED) is 0.715. The fourth-order valence-electron chi connectivity index (χ4n) is 3.43. The standard InChI is InChI=1S/C21H24N6O/c28-21(24-20-10-14-27(25-20)15-17-8-11-22-12-9-17)26-13-4-7-19(16-26)23-18-5-2-1-3-6-18/h1-3,5-6,8-12,14,19,23H,4,7,13,15-16H2,(H,24,25,28). The number of hydrogen-bond donors (Lipinski definition) is 2. The van der Waals surface area contributed by atoms with E-state index in [2.05, 4.69) is 32.8 Å². The molecule has 1 atom stereocenters. The van der Waals surface area contributed by atoms with Crippen molar-refractivity contribution in [2.24, 2.45) is 0 Å². The number of carbonyl (C=O) groups excluding carboxylic acids is 1. The summed E-state index contributed by atoms with van der Waals surface area (Å²) in [7, 11) is 0. The third kappa shape index (κ3) is 4.68. The largest absolute Gasteiger partial charge is 0.381 e. The van der Waals surface area contributed by atoms with Crippen LogP contribution in [-0.2, 0) is 6.54 Å². The number of para-hydroxylation sites is 1. The molecular weight excluding hydrogens is 352 g/mol. The minimum Gasteiger partial charge on any atom is -0.381 e. The molecule has 7 heteroatoms. The van der Waals surface area contributed by atoms with E-state index in [1.165, 1.54) is 0 Å². The number of hydrogen-bond acceptors (Lipinski definition) is 4. The van der Waals surface area contributed by atoms with Gasteiger partial charge in [0.15, 0.2) is 5.82 Å². The molecule has 1 aliphatic heterocycles. The normalized spacial score (nSPS) is 16.6. The second kappa shape index (κ2) is 8.56. The van der Waals surface area contributed by atoms with Crippen molar-refractivity contribution < 1.29 is 4.79 Å². The molecule has 28 heavy (non-hydrogen) atoms. The van der Waals surface area contributed by atoms with Gasteiger partial charge in [-0.3, -0.25) is 15.0 Å². The molecular formula is C21H24N6O. The summed E-state index contributed by atoms with van der Waals surface area (Å²) in [5, 5.41) is 10.9. The fraction of sp³-hybridized carbons (Fsp3) is 0.286. The summed E-state index contributed by atoms with van der Waals surface area (Å²) in [6.07, 6.45) is 7.43. The number of nitrogens with one attached hydrogen (secondary N) is 2. The Labute approximate surface area is 164 Å². The topological polar surface area (TPSA) is 75.1 Å². The van der Waals surface area contributed by atoms with Crippen LogP contribution in [0.3, 0.4) is 0 Å². The molecule has 1 unspecified atom stereocenters. The summed E-state index contributed by atoms with van der Waals surface area (Å²) in [6, 6.07) is 16.0. The molecule has 1 saturated heterocycles. The number of likely N-dealkylation sites (tertiary alicyclic amines) is 1. The lowest BCUT2D eigenvalue weighted by Gasteiger charge is -2.33. The van der Waals surface area contributed by atoms with Gasteiger partial charge in [-0.2, -0.15) is 5.10 Å². The van der Waals surface area contributed by atoms with E-state index in [1.54, 1.807) is 17.1 Å². The fourth-order valence-corrected chi connectivity index (χ4v) is 3.43. The Morgan fingerprint density at radius 3 is 2.75 bits per heavy atom. The maximum Gasteiger partial charge on any atom is 0.323 e. The highest BCUT2D eigenvalue weighted by Gasteiger charge is 2.24. The monoisotopic (exact) mass is 376 g/mol. The van der Waals surface area contributed by atoms with Gasteiger partial charge in [0.2, 0.25) is 0 Å². The summed E-state index contributed by atoms with van der Waals surface area (Å²) in [4.78, 5) is 18.5. The van der Waals surface area contributed by atoms with E-state index in [0.717, 1.165) is 30.6 Å². The summed E-state index contributed by atoms with van der Waals surface area (Å²) in [6.45, 7) is 2.08. The Balaban J connectivity index is 1.32. The van der Waals surface area contributed by atoms with Gasteiger partial charge in [0, 0.05) is 49.5 Å². The van der Waals surface area contributed by atoms with Crippen molar-refractivity contribution in [2.45, 2.75) is 25.4 Å². The molecule has 2 N–H and O–H groups in total. The zero-order chi connectivity index (χ0) is 19.2. The van der Waals surface area contributed by atoms with Gasteiger partial charge in [0.1, 0.15) is 0 Å². The molecule has 0 bridgehead atoms. The van der Waals surface area contributed by atoms with Crippen LogP contribution in [0.4, 0.5) is 16.3 Å². The van der Waals surface area contributed by atoms with Crippen LogP contribution < -0.4 is 10.6 Å². The van der Waals surface area contributed by atoms with Gasteiger partial charge in [0.25, 0.3) is 0 Å². The van der Waals surface area contributed by atoms with Crippen LogP contribution in [0, 0.1) is 0 Å². The lowest BCUT2D eigenvalue weighted by molar-refractivity contribution is 0.196. The molecule has 0 aliphatic carbocycles. The van der Waals surface area contributed by atoms with Gasteiger partial charge in [0.05, 0.1) is 6.54 Å². The van der Waals surface area contributed by atoms with Crippen molar-refractivity contribution >= 4 is 17.5 Å². The smallest absolute Gasteiger partial charge is 0.323 e. The third-order valence-corrected chi connectivity index (χ3v) is 4.82. The first-order valence-electron chi connectivity index (χ1n) is 9.56. The molecule has 0 radical (unpaired) electrons. The van der Waals surface area contributed by atoms with Crippen molar-refractivity contribution in [1.29, 1.82) is 0 Å². The number of aromatic nitrogens is 3. The number of carbonyl (C=O) groups is 1. The Morgan fingerprint density at radius 2 is 1.93 bits per heavy atom. The highest BCUT2D eigenvalue weighted by Crippen LogP contribution is 2.17. The van der Waals surface area contributed by atoms with Crippen LogP contribution in [0.5, 0.6) is 0 Å². The Bertz CT molecular complexity index is 896. The van der Waals surface area contributed by atoms with Crippen molar-refractivity contribution in [2.75, 3.05) is 23.7 Å². The molecule has 7 nitrogen and oxygen atoms in total. The van der Waals surface area contributed by atoms with Gasteiger partial charge >= 0.3 is 6.03 Å². The Morgan fingerprint density at radius 1 is 1.11 bits per heavy atom. The number of anilines is 2. The van der Waals surface area contributed by atoms with Crippen LogP contribution in [-0.4, -0.2) is 44.8 Å². The molecule has 3 heterocycles. The van der Waals surface area contributed by atoms with Crippen molar-refractivity contribution in [3.8, 4) is 0 Å². The SMILES string of the molecule is O=C(Nc1ccn(Cc2ccncc2)n1)N1CCCC(Nc2ccccc2)C1. The lowest BCUT2D eigenvalue weighted by Crippen LogP contribution is -2.46. The molecule has 144 valence electrons. The van der Waals surface area contributed by atoms with E-state index in [0.29, 0.717) is 18.9 Å². The van der Waals surface area contributed by atoms with Gasteiger partial charge in [-0.15, -0.1) is 0 Å². The van der Waals surface area contributed by atoms with E-state index in [4.69, 9.17) is 0 Å². The minimum absolute atomic E-state index is 0.103. The molecule has 0 spiro atoms. The molecule has 1 fully saturated rings. The number of benzene rings is 1. The number of pyridine rings is 1. The minimum atomic E-state index is -0.103. The molecule has 0 saturated carbocycles. The van der Waals surface area contributed by atoms with Crippen molar-refractivity contribution in [1.82, 2.24) is 19.7 Å². The first-order valence-corrected chi connectivity index (χ1v) is 9.56. The van der Waals surface area contributed by atoms with E-state index >= 15 is 0 Å².